The number of phenolic OH excluding ortho intramolecular Hbond substituents is 1. The molecular weight excluding hydrogens is 330 g/mol. The van der Waals surface area contributed by atoms with Gasteiger partial charge in [-0.25, -0.2) is 0 Å². The van der Waals surface area contributed by atoms with E-state index in [1.807, 2.05) is 37.2 Å². The predicted molar refractivity (Wildman–Crippen MR) is 98.8 cm³/mol. The Bertz CT molecular complexity index is 842. The van der Waals surface area contributed by atoms with Crippen LogP contribution in [0.4, 0.5) is 0 Å². The molecule has 0 saturated heterocycles. The molecule has 1 aliphatic carbocycles. The minimum Gasteiger partial charge on any atom is -0.507 e. The van der Waals surface area contributed by atoms with Gasteiger partial charge in [0.1, 0.15) is 11.5 Å². The minimum atomic E-state index is -0.338. The van der Waals surface area contributed by atoms with Crippen LogP contribution in [0.1, 0.15) is 39.9 Å². The molecule has 0 heterocycles. The maximum absolute atomic E-state index is 12.8. The van der Waals surface area contributed by atoms with Crippen molar-refractivity contribution in [1.29, 1.82) is 0 Å². The van der Waals surface area contributed by atoms with Crippen molar-refractivity contribution in [2.45, 2.75) is 25.7 Å². The highest BCUT2D eigenvalue weighted by atomic mass is 16.5. The van der Waals surface area contributed by atoms with Crippen molar-refractivity contribution in [1.82, 2.24) is 4.90 Å². The molecule has 0 aliphatic heterocycles. The molecule has 1 aliphatic rings. The topological polar surface area (TPSA) is 66.8 Å². The number of aryl methyl sites for hydroxylation is 2. The normalized spacial score (nSPS) is 13.1. The zero-order chi connectivity index (χ0) is 18.7. The molecule has 0 unspecified atom stereocenters. The Morgan fingerprint density at radius 3 is 2.65 bits per heavy atom. The summed E-state index contributed by atoms with van der Waals surface area (Å²) in [6.45, 7) is 0.803. The van der Waals surface area contributed by atoms with E-state index in [-0.39, 0.29) is 23.3 Å². The number of ether oxygens (including phenoxy) is 1. The summed E-state index contributed by atoms with van der Waals surface area (Å²) in [6.07, 6.45) is 2.32. The lowest BCUT2D eigenvalue weighted by Gasteiger charge is -2.12. The largest absolute Gasteiger partial charge is 0.507 e. The average Bonchev–Trinajstić information content (AvgIpc) is 2.72. The molecule has 5 nitrogen and oxygen atoms in total. The Morgan fingerprint density at radius 1 is 1.15 bits per heavy atom. The number of carbonyl (C=O) groups excluding carboxylic acids is 2. The van der Waals surface area contributed by atoms with Gasteiger partial charge in [-0.2, -0.15) is 0 Å². The van der Waals surface area contributed by atoms with Crippen LogP contribution in [0.3, 0.4) is 0 Å². The first-order chi connectivity index (χ1) is 12.5. The maximum Gasteiger partial charge on any atom is 0.311 e. The van der Waals surface area contributed by atoms with Crippen LogP contribution in [0.25, 0.3) is 0 Å². The third-order valence-electron chi connectivity index (χ3n) is 4.54. The summed E-state index contributed by atoms with van der Waals surface area (Å²) in [5.41, 5.74) is 2.61. The molecule has 0 amide bonds. The fourth-order valence-electron chi connectivity index (χ4n) is 3.26. The lowest BCUT2D eigenvalue weighted by Crippen LogP contribution is -2.16. The van der Waals surface area contributed by atoms with E-state index < -0.39 is 0 Å². The molecule has 0 radical (unpaired) electrons. The Morgan fingerprint density at radius 2 is 1.88 bits per heavy atom. The highest BCUT2D eigenvalue weighted by Gasteiger charge is 2.25. The van der Waals surface area contributed by atoms with E-state index in [1.54, 1.807) is 12.1 Å². The van der Waals surface area contributed by atoms with Gasteiger partial charge in [0.05, 0.1) is 5.56 Å². The summed E-state index contributed by atoms with van der Waals surface area (Å²) in [7, 11) is 3.90. The lowest BCUT2D eigenvalue weighted by atomic mass is 9.98. The molecule has 0 aromatic heterocycles. The van der Waals surface area contributed by atoms with Gasteiger partial charge in [-0.15, -0.1) is 0 Å². The Labute approximate surface area is 153 Å². The van der Waals surface area contributed by atoms with Gasteiger partial charge >= 0.3 is 5.97 Å². The molecule has 3 rings (SSSR count). The smallest absolute Gasteiger partial charge is 0.311 e. The molecule has 2 aromatic carbocycles. The predicted octanol–water partition coefficient (Wildman–Crippen LogP) is 2.97. The second kappa shape index (κ2) is 7.70. The number of hydrogen-bond donors (Lipinski definition) is 1. The molecule has 0 saturated carbocycles. The maximum atomic E-state index is 12.8. The van der Waals surface area contributed by atoms with E-state index >= 15 is 0 Å². The van der Waals surface area contributed by atoms with E-state index in [0.29, 0.717) is 42.4 Å². The average molecular weight is 353 g/mol. The number of benzene rings is 2. The van der Waals surface area contributed by atoms with Gasteiger partial charge in [-0.1, -0.05) is 24.3 Å². The summed E-state index contributed by atoms with van der Waals surface area (Å²) < 4.78 is 5.37. The summed E-state index contributed by atoms with van der Waals surface area (Å²) in [5, 5.41) is 10.4. The zero-order valence-corrected chi connectivity index (χ0v) is 15.1. The molecule has 0 atom stereocenters. The first-order valence-electron chi connectivity index (χ1n) is 8.79. The van der Waals surface area contributed by atoms with Gasteiger partial charge in [0.25, 0.3) is 0 Å². The number of ketones is 1. The van der Waals surface area contributed by atoms with Crippen LogP contribution < -0.4 is 4.74 Å². The van der Waals surface area contributed by atoms with Gasteiger partial charge in [0, 0.05) is 18.1 Å². The van der Waals surface area contributed by atoms with Crippen molar-refractivity contribution in [3.63, 3.8) is 0 Å². The number of esters is 1. The highest BCUT2D eigenvalue weighted by Crippen LogP contribution is 2.34. The first-order valence-corrected chi connectivity index (χ1v) is 8.79. The third kappa shape index (κ3) is 3.94. The number of carbonyl (C=O) groups is 2. The standard InChI is InChI=1S/C21H23NO4/c1-22(2)11-5-8-19(24)26-16-12-15-10-9-14-6-3-4-7-17(14)21(25)20(15)18(23)13-16/h3-4,6-7,12-13,23H,5,8-11H2,1-2H3. The van der Waals surface area contributed by atoms with Crippen molar-refractivity contribution < 1.29 is 19.4 Å². The van der Waals surface area contributed by atoms with E-state index in [9.17, 15) is 14.7 Å². The molecular formula is C21H23NO4. The quantitative estimate of drug-likeness (QED) is 0.661. The van der Waals surface area contributed by atoms with Crippen molar-refractivity contribution in [3.8, 4) is 11.5 Å². The van der Waals surface area contributed by atoms with Crippen molar-refractivity contribution in [2.24, 2.45) is 0 Å². The fourth-order valence-corrected chi connectivity index (χ4v) is 3.26. The molecule has 136 valence electrons. The summed E-state index contributed by atoms with van der Waals surface area (Å²) in [6, 6.07) is 10.5. The lowest BCUT2D eigenvalue weighted by molar-refractivity contribution is -0.134. The number of rotatable bonds is 5. The van der Waals surface area contributed by atoms with Crippen LogP contribution >= 0.6 is 0 Å². The van der Waals surface area contributed by atoms with Crippen LogP contribution in [-0.2, 0) is 17.6 Å². The Balaban J connectivity index is 1.80. The van der Waals surface area contributed by atoms with Gasteiger partial charge in [0.2, 0.25) is 0 Å². The fraction of sp³-hybridized carbons (Fsp3) is 0.333. The Hall–Kier alpha value is -2.66. The van der Waals surface area contributed by atoms with Gasteiger partial charge in [-0.05, 0) is 57.1 Å². The van der Waals surface area contributed by atoms with Crippen LogP contribution in [0, 0.1) is 0 Å². The summed E-state index contributed by atoms with van der Waals surface area (Å²) >= 11 is 0. The third-order valence-corrected chi connectivity index (χ3v) is 4.54. The molecule has 0 fully saturated rings. The molecule has 1 N–H and O–H groups in total. The minimum absolute atomic E-state index is 0.139. The van der Waals surface area contributed by atoms with Gasteiger partial charge < -0.3 is 14.7 Å². The van der Waals surface area contributed by atoms with Crippen molar-refractivity contribution in [2.75, 3.05) is 20.6 Å². The van der Waals surface area contributed by atoms with E-state index in [1.165, 1.54) is 6.07 Å². The van der Waals surface area contributed by atoms with E-state index in [2.05, 4.69) is 0 Å². The number of aromatic hydroxyl groups is 1. The second-order valence-corrected chi connectivity index (χ2v) is 6.84. The van der Waals surface area contributed by atoms with Gasteiger partial charge in [-0.3, -0.25) is 9.59 Å². The SMILES string of the molecule is CN(C)CCCC(=O)Oc1cc(O)c2c(c1)CCc1ccccc1C2=O. The molecule has 26 heavy (non-hydrogen) atoms. The number of nitrogens with zero attached hydrogens (tertiary/aromatic N) is 1. The Kier molecular flexibility index (Phi) is 5.38. The van der Waals surface area contributed by atoms with E-state index in [4.69, 9.17) is 4.74 Å². The van der Waals surface area contributed by atoms with E-state index in [0.717, 1.165) is 12.1 Å². The summed E-state index contributed by atoms with van der Waals surface area (Å²) in [5.74, 6) is -0.376. The first kappa shape index (κ1) is 18.1. The number of phenols is 1. The van der Waals surface area contributed by atoms with Gasteiger partial charge in [0.15, 0.2) is 5.78 Å². The van der Waals surface area contributed by atoms with Crippen molar-refractivity contribution >= 4 is 11.8 Å². The molecule has 0 bridgehead atoms. The van der Waals surface area contributed by atoms with Crippen LogP contribution in [0.2, 0.25) is 0 Å². The van der Waals surface area contributed by atoms with Crippen LogP contribution in [0.15, 0.2) is 36.4 Å². The second-order valence-electron chi connectivity index (χ2n) is 6.84. The monoisotopic (exact) mass is 353 g/mol. The van der Waals surface area contributed by atoms with Crippen LogP contribution in [-0.4, -0.2) is 42.4 Å². The number of fused-ring (bicyclic) bond motifs is 2. The summed E-state index contributed by atoms with van der Waals surface area (Å²) in [4.78, 5) is 26.8. The van der Waals surface area contributed by atoms with Crippen molar-refractivity contribution in [3.05, 3.63) is 58.7 Å². The molecule has 5 heteroatoms. The molecule has 2 aromatic rings. The number of hydrogen-bond acceptors (Lipinski definition) is 5. The highest BCUT2D eigenvalue weighted by molar-refractivity contribution is 6.13. The molecule has 0 spiro atoms. The zero-order valence-electron chi connectivity index (χ0n) is 15.1. The van der Waals surface area contributed by atoms with Crippen LogP contribution in [0.5, 0.6) is 11.5 Å².